The topological polar surface area (TPSA) is 32.3 Å². The zero-order chi connectivity index (χ0) is 14.7. The molecule has 122 valence electrons. The summed E-state index contributed by atoms with van der Waals surface area (Å²) in [7, 11) is 0. The highest BCUT2D eigenvalue weighted by molar-refractivity contribution is 7.99. The molecule has 0 radical (unpaired) electrons. The Kier molecular flexibility index (Phi) is 6.87. The number of benzene rings is 1. The van der Waals surface area contributed by atoms with Crippen molar-refractivity contribution in [2.45, 2.75) is 37.1 Å². The fourth-order valence-corrected chi connectivity index (χ4v) is 4.40. The average Bonchev–Trinajstić information content (AvgIpc) is 2.72. The van der Waals surface area contributed by atoms with Gasteiger partial charge in [-0.1, -0.05) is 23.7 Å². The van der Waals surface area contributed by atoms with Crippen molar-refractivity contribution < 1.29 is 4.79 Å². The van der Waals surface area contributed by atoms with Gasteiger partial charge in [-0.15, -0.1) is 24.2 Å². The van der Waals surface area contributed by atoms with Crippen LogP contribution in [0, 0.1) is 0 Å². The molecule has 2 fully saturated rings. The molecule has 1 amide bonds. The van der Waals surface area contributed by atoms with Gasteiger partial charge in [0.15, 0.2) is 0 Å². The van der Waals surface area contributed by atoms with E-state index in [2.05, 4.69) is 16.3 Å². The number of rotatable bonds is 4. The number of fused-ring (bicyclic) bond motifs is 2. The number of amides is 1. The van der Waals surface area contributed by atoms with Gasteiger partial charge in [-0.3, -0.25) is 4.79 Å². The molecule has 1 aromatic rings. The summed E-state index contributed by atoms with van der Waals surface area (Å²) in [5.74, 6) is 1.71. The Morgan fingerprint density at radius 2 is 2.14 bits per heavy atom. The van der Waals surface area contributed by atoms with Crippen LogP contribution < -0.4 is 5.32 Å². The van der Waals surface area contributed by atoms with Crippen molar-refractivity contribution >= 4 is 41.7 Å². The number of hydrogen-bond acceptors (Lipinski definition) is 3. The van der Waals surface area contributed by atoms with Crippen LogP contribution in [-0.4, -0.2) is 41.7 Å². The van der Waals surface area contributed by atoms with Gasteiger partial charge in [0.2, 0.25) is 5.91 Å². The summed E-state index contributed by atoms with van der Waals surface area (Å²) in [6.07, 6.45) is 3.43. The van der Waals surface area contributed by atoms with E-state index in [1.807, 2.05) is 18.2 Å². The molecular weight excluding hydrogens is 339 g/mol. The number of nitrogens with one attached hydrogen (secondary N) is 1. The molecule has 2 saturated heterocycles. The molecule has 0 saturated carbocycles. The van der Waals surface area contributed by atoms with Crippen LogP contribution >= 0.6 is 35.8 Å². The van der Waals surface area contributed by atoms with Gasteiger partial charge in [-0.25, -0.2) is 0 Å². The second kappa shape index (κ2) is 8.44. The van der Waals surface area contributed by atoms with Crippen LogP contribution in [0.2, 0.25) is 5.02 Å². The van der Waals surface area contributed by atoms with Crippen LogP contribution in [0.3, 0.4) is 0 Å². The van der Waals surface area contributed by atoms with Crippen molar-refractivity contribution in [2.24, 2.45) is 0 Å². The Morgan fingerprint density at radius 3 is 2.95 bits per heavy atom. The molecular formula is C16H22Cl2N2OS. The minimum absolute atomic E-state index is 0. The first-order valence-corrected chi connectivity index (χ1v) is 9.11. The van der Waals surface area contributed by atoms with Gasteiger partial charge in [0, 0.05) is 29.4 Å². The standard InChI is InChI=1S/C16H21ClN2OS.ClH/c17-13-3-1-2-12(8-13)10-21-11-16(20)19-14-4-5-15(19)9-18-7-6-14;/h1-3,8,14-15,18H,4-7,9-11H2;1H. The first kappa shape index (κ1) is 17.9. The Hall–Kier alpha value is -0.420. The van der Waals surface area contributed by atoms with E-state index < -0.39 is 0 Å². The van der Waals surface area contributed by atoms with Crippen LogP contribution in [0.15, 0.2) is 24.3 Å². The Bertz CT molecular complexity index is 501. The maximum absolute atomic E-state index is 12.5. The summed E-state index contributed by atoms with van der Waals surface area (Å²) in [5, 5.41) is 4.20. The highest BCUT2D eigenvalue weighted by Gasteiger charge is 2.37. The predicted octanol–water partition coefficient (Wildman–Crippen LogP) is 3.35. The van der Waals surface area contributed by atoms with E-state index in [1.165, 1.54) is 12.0 Å². The van der Waals surface area contributed by atoms with Gasteiger partial charge in [0.25, 0.3) is 0 Å². The Labute approximate surface area is 147 Å². The first-order valence-electron chi connectivity index (χ1n) is 7.58. The van der Waals surface area contributed by atoms with Crippen LogP contribution in [0.25, 0.3) is 0 Å². The largest absolute Gasteiger partial charge is 0.335 e. The highest BCUT2D eigenvalue weighted by atomic mass is 35.5. The SMILES string of the molecule is Cl.O=C(CSCc1cccc(Cl)c1)N1C2CCNCC1CC2. The van der Waals surface area contributed by atoms with E-state index in [9.17, 15) is 4.79 Å². The van der Waals surface area contributed by atoms with E-state index >= 15 is 0 Å². The zero-order valence-corrected chi connectivity index (χ0v) is 14.9. The molecule has 2 unspecified atom stereocenters. The molecule has 6 heteroatoms. The monoisotopic (exact) mass is 360 g/mol. The van der Waals surface area contributed by atoms with Crippen LogP contribution in [0.1, 0.15) is 24.8 Å². The third kappa shape index (κ3) is 4.31. The van der Waals surface area contributed by atoms with Crippen molar-refractivity contribution in [3.05, 3.63) is 34.9 Å². The zero-order valence-electron chi connectivity index (χ0n) is 12.5. The molecule has 2 aliphatic rings. The van der Waals surface area contributed by atoms with E-state index in [0.29, 0.717) is 23.7 Å². The molecule has 0 aromatic heterocycles. The maximum atomic E-state index is 12.5. The van der Waals surface area contributed by atoms with Gasteiger partial charge < -0.3 is 10.2 Å². The summed E-state index contributed by atoms with van der Waals surface area (Å²) in [6, 6.07) is 8.74. The fraction of sp³-hybridized carbons (Fsp3) is 0.562. The van der Waals surface area contributed by atoms with Gasteiger partial charge in [-0.05, 0) is 43.5 Å². The minimum atomic E-state index is 0. The molecule has 1 aromatic carbocycles. The summed E-state index contributed by atoms with van der Waals surface area (Å²) in [5.41, 5.74) is 1.18. The van der Waals surface area contributed by atoms with Gasteiger partial charge in [0.1, 0.15) is 0 Å². The van der Waals surface area contributed by atoms with Crippen molar-refractivity contribution in [2.75, 3.05) is 18.8 Å². The third-order valence-electron chi connectivity index (χ3n) is 4.33. The molecule has 2 bridgehead atoms. The summed E-state index contributed by atoms with van der Waals surface area (Å²) >= 11 is 7.67. The predicted molar refractivity (Wildman–Crippen MR) is 96.0 cm³/mol. The lowest BCUT2D eigenvalue weighted by molar-refractivity contribution is -0.130. The van der Waals surface area contributed by atoms with Crippen molar-refractivity contribution in [3.8, 4) is 0 Å². The molecule has 0 aliphatic carbocycles. The number of hydrogen-bond donors (Lipinski definition) is 1. The lowest BCUT2D eigenvalue weighted by Crippen LogP contribution is -2.43. The molecule has 3 rings (SSSR count). The Morgan fingerprint density at radius 1 is 1.32 bits per heavy atom. The highest BCUT2D eigenvalue weighted by Crippen LogP contribution is 2.29. The molecule has 0 spiro atoms. The van der Waals surface area contributed by atoms with Crippen molar-refractivity contribution in [3.63, 3.8) is 0 Å². The lowest BCUT2D eigenvalue weighted by Gasteiger charge is -2.27. The molecule has 2 atom stereocenters. The van der Waals surface area contributed by atoms with Gasteiger partial charge >= 0.3 is 0 Å². The maximum Gasteiger partial charge on any atom is 0.233 e. The van der Waals surface area contributed by atoms with Gasteiger partial charge in [-0.2, -0.15) is 0 Å². The summed E-state index contributed by atoms with van der Waals surface area (Å²) in [6.45, 7) is 2.00. The van der Waals surface area contributed by atoms with E-state index in [1.54, 1.807) is 11.8 Å². The van der Waals surface area contributed by atoms with E-state index in [0.717, 1.165) is 36.7 Å². The first-order chi connectivity index (χ1) is 10.2. The molecule has 2 heterocycles. The number of carbonyl (C=O) groups is 1. The van der Waals surface area contributed by atoms with Crippen LogP contribution in [-0.2, 0) is 10.5 Å². The lowest BCUT2D eigenvalue weighted by atomic mass is 10.1. The molecule has 2 aliphatic heterocycles. The van der Waals surface area contributed by atoms with Crippen LogP contribution in [0.5, 0.6) is 0 Å². The van der Waals surface area contributed by atoms with E-state index in [4.69, 9.17) is 11.6 Å². The number of halogens is 2. The third-order valence-corrected chi connectivity index (χ3v) is 5.55. The Balaban J connectivity index is 0.00000176. The molecule has 3 nitrogen and oxygen atoms in total. The number of carbonyl (C=O) groups excluding carboxylic acids is 1. The quantitative estimate of drug-likeness (QED) is 0.893. The average molecular weight is 361 g/mol. The van der Waals surface area contributed by atoms with Crippen molar-refractivity contribution in [1.82, 2.24) is 10.2 Å². The van der Waals surface area contributed by atoms with Gasteiger partial charge in [0.05, 0.1) is 5.75 Å². The summed E-state index contributed by atoms with van der Waals surface area (Å²) in [4.78, 5) is 14.7. The summed E-state index contributed by atoms with van der Waals surface area (Å²) < 4.78 is 0. The van der Waals surface area contributed by atoms with Crippen LogP contribution in [0.4, 0.5) is 0 Å². The minimum Gasteiger partial charge on any atom is -0.335 e. The molecule has 1 N–H and O–H groups in total. The smallest absolute Gasteiger partial charge is 0.233 e. The normalized spacial score (nSPS) is 23.8. The fourth-order valence-electron chi connectivity index (χ4n) is 3.35. The van der Waals surface area contributed by atoms with E-state index in [-0.39, 0.29) is 12.4 Å². The number of thioether (sulfide) groups is 1. The second-order valence-corrected chi connectivity index (χ2v) is 7.22. The second-order valence-electron chi connectivity index (χ2n) is 5.80. The molecule has 22 heavy (non-hydrogen) atoms. The number of nitrogens with zero attached hydrogens (tertiary/aromatic N) is 1. The van der Waals surface area contributed by atoms with Crippen molar-refractivity contribution in [1.29, 1.82) is 0 Å².